The molecule has 0 spiro atoms. The first-order valence-corrected chi connectivity index (χ1v) is 10.7. The normalized spacial score (nSPS) is 14.4. The minimum atomic E-state index is -0.197. The van der Waals surface area contributed by atoms with E-state index in [4.69, 9.17) is 9.15 Å². The maximum absolute atomic E-state index is 12.7. The van der Waals surface area contributed by atoms with Crippen molar-refractivity contribution in [2.24, 2.45) is 5.92 Å². The van der Waals surface area contributed by atoms with Crippen molar-refractivity contribution in [1.29, 1.82) is 0 Å². The Morgan fingerprint density at radius 3 is 2.52 bits per heavy atom. The number of benzene rings is 2. The lowest BCUT2D eigenvalue weighted by Crippen LogP contribution is -2.44. The van der Waals surface area contributed by atoms with E-state index in [0.717, 1.165) is 29.6 Å². The Morgan fingerprint density at radius 2 is 1.74 bits per heavy atom. The number of urea groups is 1. The van der Waals surface area contributed by atoms with Crippen LogP contribution >= 0.6 is 0 Å². The number of carbonyl (C=O) groups excluding carboxylic acids is 2. The van der Waals surface area contributed by atoms with Crippen LogP contribution in [0.25, 0.3) is 11.0 Å². The fraction of sp³-hybridized carbons (Fsp3) is 0.333. The van der Waals surface area contributed by atoms with Crippen LogP contribution in [0.2, 0.25) is 0 Å². The highest BCUT2D eigenvalue weighted by molar-refractivity contribution is 5.96. The van der Waals surface area contributed by atoms with Crippen LogP contribution < -0.4 is 15.4 Å². The molecule has 0 saturated carbocycles. The second kappa shape index (κ2) is 10.0. The molecule has 3 amide bonds. The molecule has 1 fully saturated rings. The fourth-order valence-corrected chi connectivity index (χ4v) is 3.73. The van der Waals surface area contributed by atoms with Gasteiger partial charge in [0.25, 0.3) is 5.91 Å². The van der Waals surface area contributed by atoms with Crippen LogP contribution in [0.5, 0.6) is 5.75 Å². The summed E-state index contributed by atoms with van der Waals surface area (Å²) in [5.41, 5.74) is 0.727. The highest BCUT2D eigenvalue weighted by Crippen LogP contribution is 2.23. The highest BCUT2D eigenvalue weighted by atomic mass is 16.5. The molecule has 7 nitrogen and oxygen atoms in total. The van der Waals surface area contributed by atoms with Crippen LogP contribution in [0.3, 0.4) is 0 Å². The average Bonchev–Trinajstić information content (AvgIpc) is 3.25. The topological polar surface area (TPSA) is 83.8 Å². The van der Waals surface area contributed by atoms with Gasteiger partial charge in [-0.3, -0.25) is 4.79 Å². The summed E-state index contributed by atoms with van der Waals surface area (Å²) in [5.74, 6) is 1.45. The number of carbonyl (C=O) groups is 2. The van der Waals surface area contributed by atoms with Crippen LogP contribution in [0, 0.1) is 5.92 Å². The lowest BCUT2D eigenvalue weighted by molar-refractivity contribution is 0.0661. The molecule has 1 aliphatic heterocycles. The molecule has 0 bridgehead atoms. The molecule has 0 radical (unpaired) electrons. The van der Waals surface area contributed by atoms with E-state index < -0.39 is 0 Å². The zero-order chi connectivity index (χ0) is 21.5. The van der Waals surface area contributed by atoms with E-state index in [2.05, 4.69) is 10.6 Å². The number of furan rings is 1. The largest absolute Gasteiger partial charge is 0.492 e. The summed E-state index contributed by atoms with van der Waals surface area (Å²) >= 11 is 0. The number of hydrogen-bond acceptors (Lipinski definition) is 4. The first-order valence-electron chi connectivity index (χ1n) is 10.7. The van der Waals surface area contributed by atoms with Gasteiger partial charge >= 0.3 is 6.03 Å². The van der Waals surface area contributed by atoms with Crippen LogP contribution in [0.1, 0.15) is 23.4 Å². The molecule has 3 aromatic rings. The number of hydrogen-bond donors (Lipinski definition) is 2. The first kappa shape index (κ1) is 20.8. The first-order chi connectivity index (χ1) is 15.2. The number of ether oxygens (including phenoxy) is 1. The third kappa shape index (κ3) is 5.57. The lowest BCUT2D eigenvalue weighted by atomic mass is 9.96. The second-order valence-electron chi connectivity index (χ2n) is 7.68. The van der Waals surface area contributed by atoms with Gasteiger partial charge in [0, 0.05) is 25.0 Å². The van der Waals surface area contributed by atoms with Gasteiger partial charge in [0.05, 0.1) is 6.54 Å². The summed E-state index contributed by atoms with van der Waals surface area (Å²) in [7, 11) is 0. The molecule has 162 valence electrons. The smallest absolute Gasteiger partial charge is 0.314 e. The van der Waals surface area contributed by atoms with Gasteiger partial charge in [-0.25, -0.2) is 4.79 Å². The number of fused-ring (bicyclic) bond motifs is 1. The third-order valence-electron chi connectivity index (χ3n) is 5.49. The molecule has 0 unspecified atom stereocenters. The maximum Gasteiger partial charge on any atom is 0.314 e. The fourth-order valence-electron chi connectivity index (χ4n) is 3.73. The Labute approximate surface area is 181 Å². The lowest BCUT2D eigenvalue weighted by Gasteiger charge is -2.31. The van der Waals surface area contributed by atoms with Gasteiger partial charge in [-0.15, -0.1) is 0 Å². The molecule has 31 heavy (non-hydrogen) atoms. The molecule has 1 aliphatic rings. The van der Waals surface area contributed by atoms with Crippen molar-refractivity contribution in [3.63, 3.8) is 0 Å². The zero-order valence-corrected chi connectivity index (χ0v) is 17.4. The Hall–Kier alpha value is -3.48. The summed E-state index contributed by atoms with van der Waals surface area (Å²) in [6, 6.07) is 18.7. The number of piperidine rings is 1. The molecule has 2 N–H and O–H groups in total. The summed E-state index contributed by atoms with van der Waals surface area (Å²) < 4.78 is 11.3. The predicted molar refractivity (Wildman–Crippen MR) is 118 cm³/mol. The van der Waals surface area contributed by atoms with Gasteiger partial charge in [-0.1, -0.05) is 36.4 Å². The van der Waals surface area contributed by atoms with E-state index in [1.165, 1.54) is 0 Å². The molecule has 0 aliphatic carbocycles. The molecule has 7 heteroatoms. The van der Waals surface area contributed by atoms with Crippen molar-refractivity contribution >= 4 is 22.9 Å². The number of nitrogens with one attached hydrogen (secondary N) is 2. The number of nitrogens with zero attached hydrogens (tertiary/aromatic N) is 1. The van der Waals surface area contributed by atoms with Crippen LogP contribution in [0.15, 0.2) is 65.1 Å². The molecule has 0 atom stereocenters. The minimum Gasteiger partial charge on any atom is -0.492 e. The Balaban J connectivity index is 1.14. The number of para-hydroxylation sites is 2. The number of amides is 3. The summed E-state index contributed by atoms with van der Waals surface area (Å²) in [6.45, 7) is 2.77. The summed E-state index contributed by atoms with van der Waals surface area (Å²) in [4.78, 5) is 26.5. The molecule has 1 saturated heterocycles. The maximum atomic E-state index is 12.7. The van der Waals surface area contributed by atoms with Crippen LogP contribution in [-0.4, -0.2) is 49.6 Å². The van der Waals surface area contributed by atoms with Gasteiger partial charge < -0.3 is 24.7 Å². The standard InChI is InChI=1S/C24H27N3O4/c28-23(22-16-19-6-4-5-9-21(19)31-22)27-13-10-18(11-14-27)17-26-24(29)25-12-15-30-20-7-2-1-3-8-20/h1-9,16,18H,10-15,17H2,(H2,25,26,29). The third-order valence-corrected chi connectivity index (χ3v) is 5.49. The van der Waals surface area contributed by atoms with Crippen molar-refractivity contribution in [3.05, 3.63) is 66.4 Å². The van der Waals surface area contributed by atoms with E-state index >= 15 is 0 Å². The van der Waals surface area contributed by atoms with Gasteiger partial charge in [0.15, 0.2) is 5.76 Å². The van der Waals surface area contributed by atoms with Gasteiger partial charge in [0.2, 0.25) is 0 Å². The number of rotatable bonds is 7. The average molecular weight is 421 g/mol. The SMILES string of the molecule is O=C(NCCOc1ccccc1)NCC1CCN(C(=O)c2cc3ccccc3o2)CC1. The van der Waals surface area contributed by atoms with E-state index in [9.17, 15) is 9.59 Å². The van der Waals surface area contributed by atoms with Crippen molar-refractivity contribution in [2.75, 3.05) is 32.8 Å². The number of likely N-dealkylation sites (tertiary alicyclic amines) is 1. The van der Waals surface area contributed by atoms with Crippen LogP contribution in [-0.2, 0) is 0 Å². The molecule has 2 aromatic carbocycles. The quantitative estimate of drug-likeness (QED) is 0.570. The van der Waals surface area contributed by atoms with E-state index in [1.54, 1.807) is 6.07 Å². The molecule has 4 rings (SSSR count). The van der Waals surface area contributed by atoms with Crippen molar-refractivity contribution in [2.45, 2.75) is 12.8 Å². The predicted octanol–water partition coefficient (Wildman–Crippen LogP) is 3.66. The Kier molecular flexibility index (Phi) is 6.72. The van der Waals surface area contributed by atoms with Gasteiger partial charge in [-0.2, -0.15) is 0 Å². The van der Waals surface area contributed by atoms with Crippen molar-refractivity contribution in [3.8, 4) is 5.75 Å². The van der Waals surface area contributed by atoms with Gasteiger partial charge in [0.1, 0.15) is 17.9 Å². The monoisotopic (exact) mass is 421 g/mol. The molecular formula is C24H27N3O4. The van der Waals surface area contributed by atoms with Crippen molar-refractivity contribution < 1.29 is 18.7 Å². The zero-order valence-electron chi connectivity index (χ0n) is 17.4. The van der Waals surface area contributed by atoms with Crippen molar-refractivity contribution in [1.82, 2.24) is 15.5 Å². The highest BCUT2D eigenvalue weighted by Gasteiger charge is 2.25. The Bertz CT molecular complexity index is 977. The molecule has 1 aromatic heterocycles. The Morgan fingerprint density at radius 1 is 1.00 bits per heavy atom. The van der Waals surface area contributed by atoms with E-state index in [-0.39, 0.29) is 11.9 Å². The van der Waals surface area contributed by atoms with E-state index in [0.29, 0.717) is 44.5 Å². The van der Waals surface area contributed by atoms with Gasteiger partial charge in [-0.05, 0) is 43.0 Å². The van der Waals surface area contributed by atoms with E-state index in [1.807, 2.05) is 59.5 Å². The summed E-state index contributed by atoms with van der Waals surface area (Å²) in [5, 5.41) is 6.65. The second-order valence-corrected chi connectivity index (χ2v) is 7.68. The molecule has 2 heterocycles. The minimum absolute atomic E-state index is 0.0706. The summed E-state index contributed by atoms with van der Waals surface area (Å²) in [6.07, 6.45) is 1.70. The van der Waals surface area contributed by atoms with Crippen LogP contribution in [0.4, 0.5) is 4.79 Å². The molecular weight excluding hydrogens is 394 g/mol.